The third-order valence-corrected chi connectivity index (χ3v) is 4.25. The van der Waals surface area contributed by atoms with Gasteiger partial charge < -0.3 is 4.90 Å². The number of fused-ring (bicyclic) bond motifs is 1. The van der Waals surface area contributed by atoms with Crippen molar-refractivity contribution in [3.8, 4) is 0 Å². The van der Waals surface area contributed by atoms with Crippen LogP contribution in [0.3, 0.4) is 0 Å². The van der Waals surface area contributed by atoms with Crippen molar-refractivity contribution in [3.05, 3.63) is 0 Å². The fraction of sp³-hybridized carbons (Fsp3) is 1.00. The molecule has 0 heterocycles. The summed E-state index contributed by atoms with van der Waals surface area (Å²) in [5.74, 6) is 2.04. The predicted octanol–water partition coefficient (Wildman–Crippen LogP) is 1.98. The van der Waals surface area contributed by atoms with Gasteiger partial charge in [0.25, 0.3) is 0 Å². The van der Waals surface area contributed by atoms with E-state index >= 15 is 0 Å². The van der Waals surface area contributed by atoms with Gasteiger partial charge in [-0.2, -0.15) is 0 Å². The van der Waals surface area contributed by atoms with Gasteiger partial charge in [0, 0.05) is 12.1 Å². The summed E-state index contributed by atoms with van der Waals surface area (Å²) in [6.45, 7) is 9.39. The average Bonchev–Trinajstić information content (AvgIpc) is 2.70. The average molecular weight is 153 g/mol. The van der Waals surface area contributed by atoms with Gasteiger partial charge in [-0.05, 0) is 38.1 Å². The molecule has 2 aliphatic carbocycles. The van der Waals surface area contributed by atoms with Crippen LogP contribution in [-0.4, -0.2) is 24.0 Å². The molecule has 0 aromatic carbocycles. The molecule has 0 radical (unpaired) electrons. The maximum absolute atomic E-state index is 2.53. The van der Waals surface area contributed by atoms with Crippen molar-refractivity contribution >= 4 is 0 Å². The quantitative estimate of drug-likeness (QED) is 0.586. The second-order valence-electron chi connectivity index (χ2n) is 4.88. The second kappa shape index (κ2) is 1.82. The lowest BCUT2D eigenvalue weighted by molar-refractivity contribution is 0.185. The second-order valence-corrected chi connectivity index (χ2v) is 4.88. The highest BCUT2D eigenvalue weighted by Gasteiger charge is 2.82. The summed E-state index contributed by atoms with van der Waals surface area (Å²) in [5, 5.41) is 0. The molecule has 0 bridgehead atoms. The molecular formula is C10H19N. The highest BCUT2D eigenvalue weighted by Crippen LogP contribution is 2.80. The Morgan fingerprint density at radius 2 is 1.82 bits per heavy atom. The van der Waals surface area contributed by atoms with E-state index < -0.39 is 0 Å². The van der Waals surface area contributed by atoms with E-state index in [9.17, 15) is 0 Å². The van der Waals surface area contributed by atoms with Crippen LogP contribution in [0.4, 0.5) is 0 Å². The molecule has 0 N–H and O–H groups in total. The SMILES string of the molecule is CC(C)N(C)C1C2C(C)C21C. The lowest BCUT2D eigenvalue weighted by Gasteiger charge is -2.28. The van der Waals surface area contributed by atoms with Gasteiger partial charge in [-0.1, -0.05) is 13.8 Å². The van der Waals surface area contributed by atoms with Gasteiger partial charge in [0.1, 0.15) is 0 Å². The highest BCUT2D eigenvalue weighted by molar-refractivity contribution is 5.32. The molecule has 0 aromatic rings. The zero-order chi connectivity index (χ0) is 8.39. The van der Waals surface area contributed by atoms with Crippen LogP contribution in [-0.2, 0) is 0 Å². The lowest BCUT2D eigenvalue weighted by atomic mass is 10.0. The minimum Gasteiger partial charge on any atom is -0.300 e. The van der Waals surface area contributed by atoms with E-state index in [1.165, 1.54) is 0 Å². The van der Waals surface area contributed by atoms with Crippen molar-refractivity contribution in [2.75, 3.05) is 7.05 Å². The fourth-order valence-electron chi connectivity index (χ4n) is 2.77. The predicted molar refractivity (Wildman–Crippen MR) is 47.4 cm³/mol. The minimum atomic E-state index is 0.719. The summed E-state index contributed by atoms with van der Waals surface area (Å²) in [6, 6.07) is 1.63. The van der Waals surface area contributed by atoms with Crippen molar-refractivity contribution in [1.29, 1.82) is 0 Å². The van der Waals surface area contributed by atoms with Gasteiger partial charge in [-0.25, -0.2) is 0 Å². The van der Waals surface area contributed by atoms with E-state index in [1.54, 1.807) is 0 Å². The maximum atomic E-state index is 2.53. The molecule has 4 unspecified atom stereocenters. The van der Waals surface area contributed by atoms with Crippen LogP contribution in [0.1, 0.15) is 27.7 Å². The third kappa shape index (κ3) is 0.703. The van der Waals surface area contributed by atoms with E-state index in [1.807, 2.05) is 0 Å². The number of nitrogens with zero attached hydrogens (tertiary/aromatic N) is 1. The van der Waals surface area contributed by atoms with Gasteiger partial charge in [-0.15, -0.1) is 0 Å². The van der Waals surface area contributed by atoms with Crippen LogP contribution < -0.4 is 0 Å². The number of hydrogen-bond donors (Lipinski definition) is 0. The van der Waals surface area contributed by atoms with Crippen molar-refractivity contribution in [3.63, 3.8) is 0 Å². The molecule has 1 heteroatoms. The Labute approximate surface area is 69.8 Å². The summed E-state index contributed by atoms with van der Waals surface area (Å²) >= 11 is 0. The van der Waals surface area contributed by atoms with Crippen LogP contribution in [0.25, 0.3) is 0 Å². The van der Waals surface area contributed by atoms with E-state index in [0.29, 0.717) is 0 Å². The minimum absolute atomic E-state index is 0.719. The van der Waals surface area contributed by atoms with Gasteiger partial charge in [-0.3, -0.25) is 0 Å². The topological polar surface area (TPSA) is 3.24 Å². The molecule has 0 aliphatic heterocycles. The first-order valence-corrected chi connectivity index (χ1v) is 4.73. The van der Waals surface area contributed by atoms with Gasteiger partial charge in [0.2, 0.25) is 0 Å². The lowest BCUT2D eigenvalue weighted by Crippen LogP contribution is -2.36. The molecule has 0 saturated heterocycles. The van der Waals surface area contributed by atoms with Crippen molar-refractivity contribution in [1.82, 2.24) is 4.90 Å². The first-order valence-electron chi connectivity index (χ1n) is 4.73. The van der Waals surface area contributed by atoms with Crippen molar-refractivity contribution < 1.29 is 0 Å². The van der Waals surface area contributed by atoms with Gasteiger partial charge in [0.15, 0.2) is 0 Å². The molecule has 2 fully saturated rings. The normalized spacial score (nSPS) is 53.2. The molecular weight excluding hydrogens is 134 g/mol. The van der Waals surface area contributed by atoms with Crippen LogP contribution in [0.5, 0.6) is 0 Å². The largest absolute Gasteiger partial charge is 0.300 e. The summed E-state index contributed by atoms with van der Waals surface area (Å²) in [7, 11) is 2.26. The van der Waals surface area contributed by atoms with Gasteiger partial charge in [0.05, 0.1) is 0 Å². The van der Waals surface area contributed by atoms with E-state index in [-0.39, 0.29) is 0 Å². The fourth-order valence-corrected chi connectivity index (χ4v) is 2.77. The van der Waals surface area contributed by atoms with Crippen LogP contribution in [0.15, 0.2) is 0 Å². The molecule has 0 aromatic heterocycles. The Bertz CT molecular complexity index is 187. The molecule has 64 valence electrons. The van der Waals surface area contributed by atoms with Crippen molar-refractivity contribution in [2.24, 2.45) is 17.3 Å². The summed E-state index contributed by atoms with van der Waals surface area (Å²) in [5.41, 5.74) is 0.721. The highest BCUT2D eigenvalue weighted by atomic mass is 15.3. The Morgan fingerprint density at radius 3 is 2.09 bits per heavy atom. The first kappa shape index (κ1) is 7.60. The Morgan fingerprint density at radius 1 is 1.36 bits per heavy atom. The third-order valence-electron chi connectivity index (χ3n) is 4.25. The molecule has 1 nitrogen and oxygen atoms in total. The Balaban J connectivity index is 1.94. The summed E-state index contributed by atoms with van der Waals surface area (Å²) < 4.78 is 0. The van der Waals surface area contributed by atoms with Crippen LogP contribution in [0, 0.1) is 17.3 Å². The van der Waals surface area contributed by atoms with E-state index in [0.717, 1.165) is 29.3 Å². The molecule has 2 rings (SSSR count). The van der Waals surface area contributed by atoms with Crippen LogP contribution in [0.2, 0.25) is 0 Å². The Hall–Kier alpha value is -0.0400. The standard InChI is InChI=1S/C10H19N/c1-6(2)11(5)9-8-7(3)10(8,9)4/h6-9H,1-5H3. The number of hydrogen-bond acceptors (Lipinski definition) is 1. The monoisotopic (exact) mass is 153 g/mol. The molecule has 0 amide bonds. The molecule has 2 aliphatic rings. The zero-order valence-corrected chi connectivity index (χ0v) is 8.26. The summed E-state index contributed by atoms with van der Waals surface area (Å²) in [6.07, 6.45) is 0. The first-order chi connectivity index (χ1) is 5.01. The Kier molecular flexibility index (Phi) is 1.26. The van der Waals surface area contributed by atoms with Crippen molar-refractivity contribution in [2.45, 2.75) is 39.8 Å². The smallest absolute Gasteiger partial charge is 0.0192 e. The zero-order valence-electron chi connectivity index (χ0n) is 8.26. The molecule has 11 heavy (non-hydrogen) atoms. The van der Waals surface area contributed by atoms with E-state index in [2.05, 4.69) is 39.6 Å². The summed E-state index contributed by atoms with van der Waals surface area (Å²) in [4.78, 5) is 2.53. The van der Waals surface area contributed by atoms with Gasteiger partial charge >= 0.3 is 0 Å². The maximum Gasteiger partial charge on any atom is 0.0192 e. The van der Waals surface area contributed by atoms with Crippen LogP contribution >= 0.6 is 0 Å². The number of rotatable bonds is 2. The molecule has 2 saturated carbocycles. The molecule has 4 atom stereocenters. The molecule has 0 spiro atoms. The van der Waals surface area contributed by atoms with E-state index in [4.69, 9.17) is 0 Å².